The zero-order valence-corrected chi connectivity index (χ0v) is 16.7. The minimum atomic E-state index is -1.22. The van der Waals surface area contributed by atoms with Gasteiger partial charge in [0.15, 0.2) is 0 Å². The Labute approximate surface area is 168 Å². The predicted molar refractivity (Wildman–Crippen MR) is 103 cm³/mol. The van der Waals surface area contributed by atoms with E-state index in [1.54, 1.807) is 0 Å². The largest absolute Gasteiger partial charge is 0.481 e. The highest BCUT2D eigenvalue weighted by Crippen LogP contribution is 2.06. The Balaban J connectivity index is 4.93. The third-order valence-electron chi connectivity index (χ3n) is 3.58. The molecule has 7 N–H and O–H groups in total. The molecule has 11 nitrogen and oxygen atoms in total. The molecule has 28 heavy (non-hydrogen) atoms. The van der Waals surface area contributed by atoms with Gasteiger partial charge in [0.1, 0.15) is 18.6 Å². The van der Waals surface area contributed by atoms with Gasteiger partial charge in [-0.15, -0.1) is 0 Å². The first kappa shape index (κ1) is 25.7. The highest BCUT2D eigenvalue weighted by molar-refractivity contribution is 7.80. The second kappa shape index (κ2) is 12.9. The Morgan fingerprint density at radius 3 is 1.96 bits per heavy atom. The number of carbonyl (C=O) groups is 5. The van der Waals surface area contributed by atoms with Crippen molar-refractivity contribution in [1.82, 2.24) is 16.0 Å². The van der Waals surface area contributed by atoms with E-state index < -0.39 is 54.3 Å². The number of rotatable bonds is 13. The standard InChI is InChI=1S/C16H28N4O7S/c1-8(2)5-10(15(26)18-6-13(23)24)19-16(27)11(7-28)20-14(25)9(17)3-4-12(21)22/h8-11,28H,3-7,17H2,1-2H3,(H,18,26)(H,19,27)(H,20,25)(H,21,22)(H,23,24). The van der Waals surface area contributed by atoms with Crippen LogP contribution in [-0.4, -0.2) is 70.3 Å². The van der Waals surface area contributed by atoms with Gasteiger partial charge in [-0.05, 0) is 18.8 Å². The van der Waals surface area contributed by atoms with Crippen molar-refractivity contribution in [2.24, 2.45) is 11.7 Å². The normalized spacial score (nSPS) is 13.9. The van der Waals surface area contributed by atoms with E-state index in [0.29, 0.717) is 0 Å². The molecule has 0 heterocycles. The highest BCUT2D eigenvalue weighted by atomic mass is 32.1. The summed E-state index contributed by atoms with van der Waals surface area (Å²) in [6, 6.07) is -3.21. The number of amides is 3. The number of carbonyl (C=O) groups excluding carboxylic acids is 3. The fourth-order valence-electron chi connectivity index (χ4n) is 2.14. The monoisotopic (exact) mass is 420 g/mol. The van der Waals surface area contributed by atoms with Gasteiger partial charge >= 0.3 is 11.9 Å². The van der Waals surface area contributed by atoms with Gasteiger partial charge in [0, 0.05) is 12.2 Å². The van der Waals surface area contributed by atoms with Crippen LogP contribution >= 0.6 is 12.6 Å². The molecular weight excluding hydrogens is 392 g/mol. The van der Waals surface area contributed by atoms with Gasteiger partial charge in [-0.25, -0.2) is 0 Å². The molecule has 0 aromatic heterocycles. The molecule has 12 heteroatoms. The molecule has 0 fully saturated rings. The number of carboxylic acid groups (broad SMARTS) is 2. The summed E-state index contributed by atoms with van der Waals surface area (Å²) < 4.78 is 0. The molecular formula is C16H28N4O7S. The number of carboxylic acids is 2. The summed E-state index contributed by atoms with van der Waals surface area (Å²) in [5, 5.41) is 24.3. The second-order valence-electron chi connectivity index (χ2n) is 6.58. The van der Waals surface area contributed by atoms with E-state index >= 15 is 0 Å². The SMILES string of the molecule is CC(C)CC(NC(=O)C(CS)NC(=O)C(N)CCC(=O)O)C(=O)NCC(=O)O. The minimum absolute atomic E-state index is 0.0226. The smallest absolute Gasteiger partial charge is 0.322 e. The van der Waals surface area contributed by atoms with Crippen LogP contribution in [0.15, 0.2) is 0 Å². The fourth-order valence-corrected chi connectivity index (χ4v) is 2.40. The fraction of sp³-hybridized carbons (Fsp3) is 0.688. The molecule has 0 rings (SSSR count). The third-order valence-corrected chi connectivity index (χ3v) is 3.94. The van der Waals surface area contributed by atoms with Crippen LogP contribution < -0.4 is 21.7 Å². The Bertz CT molecular complexity index is 585. The van der Waals surface area contributed by atoms with E-state index in [1.807, 2.05) is 13.8 Å². The Morgan fingerprint density at radius 2 is 1.50 bits per heavy atom. The lowest BCUT2D eigenvalue weighted by atomic mass is 10.0. The van der Waals surface area contributed by atoms with Crippen LogP contribution in [0.1, 0.15) is 33.1 Å². The maximum absolute atomic E-state index is 12.4. The summed E-state index contributed by atoms with van der Waals surface area (Å²) >= 11 is 4.01. The first-order valence-corrected chi connectivity index (χ1v) is 9.29. The summed E-state index contributed by atoms with van der Waals surface area (Å²) in [6.45, 7) is 3.06. The molecule has 3 amide bonds. The number of hydrogen-bond acceptors (Lipinski definition) is 7. The van der Waals surface area contributed by atoms with Crippen LogP contribution in [0.3, 0.4) is 0 Å². The van der Waals surface area contributed by atoms with Crippen LogP contribution in [0.25, 0.3) is 0 Å². The minimum Gasteiger partial charge on any atom is -0.481 e. The maximum Gasteiger partial charge on any atom is 0.322 e. The van der Waals surface area contributed by atoms with Gasteiger partial charge in [0.2, 0.25) is 17.7 Å². The number of hydrogen-bond donors (Lipinski definition) is 7. The van der Waals surface area contributed by atoms with Crippen LogP contribution in [0.4, 0.5) is 0 Å². The van der Waals surface area contributed by atoms with E-state index in [4.69, 9.17) is 15.9 Å². The zero-order chi connectivity index (χ0) is 21.9. The maximum atomic E-state index is 12.4. The lowest BCUT2D eigenvalue weighted by molar-refractivity contribution is -0.139. The van der Waals surface area contributed by atoms with E-state index in [2.05, 4.69) is 28.6 Å². The van der Waals surface area contributed by atoms with Crippen molar-refractivity contribution in [2.45, 2.75) is 51.2 Å². The Hall–Kier alpha value is -2.34. The first-order chi connectivity index (χ1) is 13.0. The van der Waals surface area contributed by atoms with Crippen molar-refractivity contribution in [2.75, 3.05) is 12.3 Å². The van der Waals surface area contributed by atoms with E-state index in [1.165, 1.54) is 0 Å². The number of nitrogens with two attached hydrogens (primary N) is 1. The molecule has 3 unspecified atom stereocenters. The molecule has 0 radical (unpaired) electrons. The topological polar surface area (TPSA) is 188 Å². The summed E-state index contributed by atoms with van der Waals surface area (Å²) in [5.41, 5.74) is 5.60. The molecule has 0 saturated carbocycles. The van der Waals surface area contributed by atoms with Gasteiger partial charge in [-0.3, -0.25) is 24.0 Å². The van der Waals surface area contributed by atoms with Crippen molar-refractivity contribution in [1.29, 1.82) is 0 Å². The second-order valence-corrected chi connectivity index (χ2v) is 6.95. The lowest BCUT2D eigenvalue weighted by Crippen LogP contribution is -2.56. The van der Waals surface area contributed by atoms with Crippen molar-refractivity contribution in [3.05, 3.63) is 0 Å². The van der Waals surface area contributed by atoms with Crippen molar-refractivity contribution in [3.8, 4) is 0 Å². The van der Waals surface area contributed by atoms with Crippen molar-refractivity contribution in [3.63, 3.8) is 0 Å². The third kappa shape index (κ3) is 10.7. The molecule has 0 bridgehead atoms. The summed E-state index contributed by atoms with van der Waals surface area (Å²) in [7, 11) is 0. The molecule has 0 aliphatic rings. The van der Waals surface area contributed by atoms with Crippen LogP contribution in [0.5, 0.6) is 0 Å². The average Bonchev–Trinajstić information content (AvgIpc) is 2.60. The van der Waals surface area contributed by atoms with Gasteiger partial charge in [-0.1, -0.05) is 13.8 Å². The van der Waals surface area contributed by atoms with Crippen molar-refractivity contribution < 1.29 is 34.2 Å². The van der Waals surface area contributed by atoms with E-state index in [0.717, 1.165) is 0 Å². The van der Waals surface area contributed by atoms with E-state index in [-0.39, 0.29) is 30.9 Å². The summed E-state index contributed by atoms with van der Waals surface area (Å²) in [6.07, 6.45) is -0.148. The van der Waals surface area contributed by atoms with Crippen LogP contribution in [-0.2, 0) is 24.0 Å². The molecule has 0 aliphatic carbocycles. The molecule has 3 atom stereocenters. The molecule has 0 aromatic carbocycles. The average molecular weight is 420 g/mol. The van der Waals surface area contributed by atoms with Gasteiger partial charge in [0.05, 0.1) is 6.04 Å². The van der Waals surface area contributed by atoms with Crippen molar-refractivity contribution >= 4 is 42.3 Å². The number of aliphatic carboxylic acids is 2. The van der Waals surface area contributed by atoms with E-state index in [9.17, 15) is 24.0 Å². The Kier molecular flexibility index (Phi) is 11.9. The van der Waals surface area contributed by atoms with Gasteiger partial charge in [-0.2, -0.15) is 12.6 Å². The summed E-state index contributed by atoms with van der Waals surface area (Å²) in [4.78, 5) is 57.7. The molecule has 0 aromatic rings. The first-order valence-electron chi connectivity index (χ1n) is 8.66. The van der Waals surface area contributed by atoms with Crippen LogP contribution in [0.2, 0.25) is 0 Å². The number of thiol groups is 1. The highest BCUT2D eigenvalue weighted by Gasteiger charge is 2.28. The molecule has 160 valence electrons. The Morgan fingerprint density at radius 1 is 0.929 bits per heavy atom. The number of nitrogens with one attached hydrogen (secondary N) is 3. The molecule has 0 aliphatic heterocycles. The van der Waals surface area contributed by atoms with Gasteiger partial charge < -0.3 is 31.9 Å². The summed E-state index contributed by atoms with van der Waals surface area (Å²) in [5.74, 6) is -4.46. The zero-order valence-electron chi connectivity index (χ0n) is 15.8. The van der Waals surface area contributed by atoms with Gasteiger partial charge in [0.25, 0.3) is 0 Å². The quantitative estimate of drug-likeness (QED) is 0.172. The predicted octanol–water partition coefficient (Wildman–Crippen LogP) is -1.68. The molecule has 0 saturated heterocycles. The van der Waals surface area contributed by atoms with Crippen LogP contribution in [0, 0.1) is 5.92 Å². The molecule has 0 spiro atoms. The lowest BCUT2D eigenvalue weighted by Gasteiger charge is -2.24.